The van der Waals surface area contributed by atoms with Gasteiger partial charge in [0.25, 0.3) is 0 Å². The first-order valence-electron chi connectivity index (χ1n) is 3.66. The van der Waals surface area contributed by atoms with Crippen LogP contribution in [-0.4, -0.2) is 33.3 Å². The minimum Gasteiger partial charge on any atom is -0.478 e. The van der Waals surface area contributed by atoms with Gasteiger partial charge in [0.1, 0.15) is 0 Å². The van der Waals surface area contributed by atoms with E-state index in [4.69, 9.17) is 10.2 Å². The average Bonchev–Trinajstić information content (AvgIpc) is 1.98. The summed E-state index contributed by atoms with van der Waals surface area (Å²) in [5, 5.41) is 17.6. The van der Waals surface area contributed by atoms with Gasteiger partial charge in [-0.05, 0) is 6.92 Å². The van der Waals surface area contributed by atoms with E-state index in [-0.39, 0.29) is 10.8 Å². The highest BCUT2D eigenvalue weighted by atomic mass is 32.2. The number of carboxylic acid groups (broad SMARTS) is 1. The van der Waals surface area contributed by atoms with Crippen LogP contribution in [0.1, 0.15) is 13.8 Å². The number of carboxylic acids is 1. The zero-order chi connectivity index (χ0) is 9.72. The molecule has 0 saturated carbocycles. The number of aliphatic carboxylic acids is 1. The van der Waals surface area contributed by atoms with Crippen molar-refractivity contribution in [2.45, 2.75) is 25.2 Å². The zero-order valence-electron chi connectivity index (χ0n) is 7.28. The Labute approximate surface area is 76.5 Å². The Bertz CT molecular complexity index is 177. The lowest BCUT2D eigenvalue weighted by molar-refractivity contribution is -0.132. The molecule has 2 N–H and O–H groups in total. The molecule has 0 spiro atoms. The predicted octanol–water partition coefficient (Wildman–Crippen LogP) is 1.13. The largest absolute Gasteiger partial charge is 0.478 e. The van der Waals surface area contributed by atoms with Crippen molar-refractivity contribution in [3.8, 4) is 0 Å². The molecule has 12 heavy (non-hydrogen) atoms. The van der Waals surface area contributed by atoms with Crippen LogP contribution in [0.5, 0.6) is 0 Å². The van der Waals surface area contributed by atoms with Gasteiger partial charge in [-0.1, -0.05) is 13.5 Å². The quantitative estimate of drug-likeness (QED) is 0.638. The first-order chi connectivity index (χ1) is 5.45. The number of hydrogen-bond acceptors (Lipinski definition) is 3. The second kappa shape index (κ2) is 5.22. The van der Waals surface area contributed by atoms with Crippen LogP contribution in [0, 0.1) is 0 Å². The summed E-state index contributed by atoms with van der Waals surface area (Å²) in [5.41, 5.74) is 0.174. The van der Waals surface area contributed by atoms with Crippen molar-refractivity contribution < 1.29 is 15.0 Å². The maximum absolute atomic E-state index is 10.3. The number of rotatable bonds is 5. The Morgan fingerprint density at radius 2 is 2.08 bits per heavy atom. The SMILES string of the molecule is C=C(CSC(C)C(C)O)C(=O)O. The van der Waals surface area contributed by atoms with Gasteiger partial charge in [0.2, 0.25) is 0 Å². The van der Waals surface area contributed by atoms with Crippen molar-refractivity contribution in [2.75, 3.05) is 5.75 Å². The molecule has 0 radical (unpaired) electrons. The lowest BCUT2D eigenvalue weighted by Crippen LogP contribution is -2.16. The van der Waals surface area contributed by atoms with E-state index in [0.717, 1.165) is 0 Å². The molecular weight excluding hydrogens is 176 g/mol. The second-order valence-electron chi connectivity index (χ2n) is 2.67. The summed E-state index contributed by atoms with van der Waals surface area (Å²) in [6.07, 6.45) is -0.420. The second-order valence-corrected chi connectivity index (χ2v) is 4.03. The topological polar surface area (TPSA) is 57.5 Å². The fourth-order valence-corrected chi connectivity index (χ4v) is 1.30. The maximum atomic E-state index is 10.3. The molecule has 0 aliphatic rings. The number of aliphatic hydroxyl groups excluding tert-OH is 1. The van der Waals surface area contributed by atoms with Gasteiger partial charge in [0.15, 0.2) is 0 Å². The summed E-state index contributed by atoms with van der Waals surface area (Å²) in [6, 6.07) is 0. The van der Waals surface area contributed by atoms with Crippen molar-refractivity contribution in [1.29, 1.82) is 0 Å². The van der Waals surface area contributed by atoms with E-state index in [1.807, 2.05) is 6.92 Å². The highest BCUT2D eigenvalue weighted by molar-refractivity contribution is 8.00. The lowest BCUT2D eigenvalue weighted by atomic mass is 10.3. The van der Waals surface area contributed by atoms with E-state index in [1.165, 1.54) is 11.8 Å². The van der Waals surface area contributed by atoms with Crippen molar-refractivity contribution in [1.82, 2.24) is 0 Å². The van der Waals surface area contributed by atoms with Crippen molar-refractivity contribution >= 4 is 17.7 Å². The maximum Gasteiger partial charge on any atom is 0.331 e. The molecule has 0 fully saturated rings. The minimum absolute atomic E-state index is 0.0427. The molecule has 0 heterocycles. The minimum atomic E-state index is -0.972. The van der Waals surface area contributed by atoms with Crippen LogP contribution in [0.4, 0.5) is 0 Å². The van der Waals surface area contributed by atoms with Crippen LogP contribution in [-0.2, 0) is 4.79 Å². The van der Waals surface area contributed by atoms with Crippen molar-refractivity contribution in [2.24, 2.45) is 0 Å². The Balaban J connectivity index is 3.69. The molecule has 0 aromatic rings. The molecule has 2 unspecified atom stereocenters. The van der Waals surface area contributed by atoms with Gasteiger partial charge in [-0.25, -0.2) is 4.79 Å². The Morgan fingerprint density at radius 3 is 2.42 bits per heavy atom. The number of thioether (sulfide) groups is 1. The fraction of sp³-hybridized carbons (Fsp3) is 0.625. The smallest absolute Gasteiger partial charge is 0.331 e. The first-order valence-corrected chi connectivity index (χ1v) is 4.70. The molecule has 2 atom stereocenters. The van der Waals surface area contributed by atoms with E-state index in [2.05, 4.69) is 6.58 Å². The zero-order valence-corrected chi connectivity index (χ0v) is 8.10. The molecule has 0 rings (SSSR count). The van der Waals surface area contributed by atoms with E-state index < -0.39 is 12.1 Å². The van der Waals surface area contributed by atoms with Crippen LogP contribution in [0.2, 0.25) is 0 Å². The third-order valence-electron chi connectivity index (χ3n) is 1.50. The number of hydrogen-bond donors (Lipinski definition) is 2. The van der Waals surface area contributed by atoms with Gasteiger partial charge < -0.3 is 10.2 Å². The Kier molecular flexibility index (Phi) is 5.01. The third-order valence-corrected chi connectivity index (χ3v) is 2.94. The van der Waals surface area contributed by atoms with E-state index in [1.54, 1.807) is 6.92 Å². The van der Waals surface area contributed by atoms with Gasteiger partial charge in [0.05, 0.1) is 6.10 Å². The van der Waals surface area contributed by atoms with Gasteiger partial charge in [0, 0.05) is 16.6 Å². The molecule has 0 saturated heterocycles. The van der Waals surface area contributed by atoms with E-state index in [9.17, 15) is 4.79 Å². The van der Waals surface area contributed by atoms with Crippen LogP contribution in [0.15, 0.2) is 12.2 Å². The van der Waals surface area contributed by atoms with E-state index >= 15 is 0 Å². The standard InChI is InChI=1S/C8H14O3S/c1-5(8(10)11)4-12-7(3)6(2)9/h6-7,9H,1,4H2,2-3H3,(H,10,11). The summed E-state index contributed by atoms with van der Waals surface area (Å²) in [6.45, 7) is 6.92. The summed E-state index contributed by atoms with van der Waals surface area (Å²) in [5.74, 6) is -0.609. The highest BCUT2D eigenvalue weighted by Crippen LogP contribution is 2.16. The van der Waals surface area contributed by atoms with E-state index in [0.29, 0.717) is 5.75 Å². The molecule has 0 aliphatic heterocycles. The number of carbonyl (C=O) groups is 1. The average molecular weight is 190 g/mol. The summed E-state index contributed by atoms with van der Waals surface area (Å²) >= 11 is 1.39. The molecule has 0 aromatic carbocycles. The molecule has 4 heteroatoms. The Hall–Kier alpha value is -0.480. The predicted molar refractivity (Wildman–Crippen MR) is 50.4 cm³/mol. The van der Waals surface area contributed by atoms with Gasteiger partial charge >= 0.3 is 5.97 Å². The summed E-state index contributed by atoms with van der Waals surface area (Å²) in [7, 11) is 0. The summed E-state index contributed by atoms with van der Waals surface area (Å²) in [4.78, 5) is 10.3. The molecule has 0 bridgehead atoms. The fourth-order valence-electron chi connectivity index (χ4n) is 0.433. The van der Waals surface area contributed by atoms with Crippen molar-refractivity contribution in [3.05, 3.63) is 12.2 Å². The first kappa shape index (κ1) is 11.5. The Morgan fingerprint density at radius 1 is 1.58 bits per heavy atom. The van der Waals surface area contributed by atoms with Crippen molar-refractivity contribution in [3.63, 3.8) is 0 Å². The normalized spacial score (nSPS) is 15.2. The van der Waals surface area contributed by atoms with Gasteiger partial charge in [-0.3, -0.25) is 0 Å². The molecule has 0 aliphatic carbocycles. The lowest BCUT2D eigenvalue weighted by Gasteiger charge is -2.13. The molecule has 70 valence electrons. The monoisotopic (exact) mass is 190 g/mol. The van der Waals surface area contributed by atoms with Gasteiger partial charge in [-0.15, -0.1) is 0 Å². The van der Waals surface area contributed by atoms with Crippen LogP contribution in [0.3, 0.4) is 0 Å². The molecule has 0 amide bonds. The number of aliphatic hydroxyl groups is 1. The molecule has 3 nitrogen and oxygen atoms in total. The highest BCUT2D eigenvalue weighted by Gasteiger charge is 2.11. The molecular formula is C8H14O3S. The van der Waals surface area contributed by atoms with Gasteiger partial charge in [-0.2, -0.15) is 11.8 Å². The summed E-state index contributed by atoms with van der Waals surface area (Å²) < 4.78 is 0. The van der Waals surface area contributed by atoms with Crippen LogP contribution in [0.25, 0.3) is 0 Å². The van der Waals surface area contributed by atoms with Crippen LogP contribution < -0.4 is 0 Å². The van der Waals surface area contributed by atoms with Crippen LogP contribution >= 0.6 is 11.8 Å². The third kappa shape index (κ3) is 4.41. The molecule has 0 aromatic heterocycles.